The van der Waals surface area contributed by atoms with Crippen LogP contribution in [0.4, 0.5) is 5.69 Å². The molecule has 0 bridgehead atoms. The molecule has 87 heavy (non-hydrogen) atoms. The monoisotopic (exact) mass is 1200 g/mol. The van der Waals surface area contributed by atoms with Gasteiger partial charge in [-0.05, 0) is 81.7 Å². The molecule has 4 rings (SSSR count). The van der Waals surface area contributed by atoms with Gasteiger partial charge in [-0.15, -0.1) is 0 Å². The van der Waals surface area contributed by atoms with E-state index in [2.05, 4.69) is 72.0 Å². The lowest BCUT2D eigenvalue weighted by Crippen LogP contribution is -3.01. The number of carbonyl (C=O) groups excluding carboxylic acids is 2. The smallest absolute Gasteiger partial charge is 0.343 e. The Morgan fingerprint density at radius 2 is 0.770 bits per heavy atom. The minimum atomic E-state index is -0.529. The van der Waals surface area contributed by atoms with Gasteiger partial charge in [0.25, 0.3) is 0 Å². The zero-order valence-electron chi connectivity index (χ0n) is 57.4. The van der Waals surface area contributed by atoms with E-state index in [1.54, 1.807) is 24.3 Å². The molecule has 7 heteroatoms. The van der Waals surface area contributed by atoms with E-state index in [0.717, 1.165) is 38.5 Å². The van der Waals surface area contributed by atoms with Crippen molar-refractivity contribution in [1.82, 2.24) is 0 Å². The summed E-state index contributed by atoms with van der Waals surface area (Å²) in [6.45, 7) is 13.0. The van der Waals surface area contributed by atoms with Crippen LogP contribution in [0.15, 0.2) is 83.8 Å². The number of hydrogen-bond acceptors (Lipinski definition) is 6. The van der Waals surface area contributed by atoms with E-state index in [1.165, 1.54) is 298 Å². The average Bonchev–Trinajstić information content (AvgIpc) is 2.25. The number of carbonyl (C=O) groups is 2. The van der Waals surface area contributed by atoms with Gasteiger partial charge in [-0.3, -0.25) is 9.69 Å². The van der Waals surface area contributed by atoms with Crippen molar-refractivity contribution in [2.75, 3.05) is 26.9 Å². The molecule has 0 fully saturated rings. The second-order valence-electron chi connectivity index (χ2n) is 26.9. The molecule has 1 atom stereocenters. The maximum atomic E-state index is 14.4. The number of ketones is 1. The molecule has 0 aromatic heterocycles. The summed E-state index contributed by atoms with van der Waals surface area (Å²) in [7, 11) is 2.15. The fourth-order valence-electron chi connectivity index (χ4n) is 13.0. The Morgan fingerprint density at radius 3 is 1.13 bits per heavy atom. The first-order valence-corrected chi connectivity index (χ1v) is 37.3. The molecule has 0 amide bonds. The van der Waals surface area contributed by atoms with Gasteiger partial charge < -0.3 is 18.9 Å². The van der Waals surface area contributed by atoms with Crippen LogP contribution in [-0.4, -0.2) is 38.6 Å². The number of nitrogens with one attached hydrogen (secondary N) is 1. The molecule has 492 valence electrons. The van der Waals surface area contributed by atoms with Crippen LogP contribution in [0.25, 0.3) is 0 Å². The minimum Gasteiger partial charge on any atom is -0.490 e. The number of hydrogen-bond donors (Lipinski definition) is 1. The van der Waals surface area contributed by atoms with Crippen molar-refractivity contribution in [2.45, 2.75) is 348 Å². The Labute approximate surface area is 535 Å². The van der Waals surface area contributed by atoms with Crippen molar-refractivity contribution in [1.29, 1.82) is 0 Å². The highest BCUT2D eigenvalue weighted by Crippen LogP contribution is 2.41. The maximum absolute atomic E-state index is 14.4. The van der Waals surface area contributed by atoms with Crippen LogP contribution in [0.1, 0.15) is 359 Å². The lowest BCUT2D eigenvalue weighted by molar-refractivity contribution is -0.764. The zero-order chi connectivity index (χ0) is 62.1. The molecule has 0 radical (unpaired) electrons. The first-order valence-electron chi connectivity index (χ1n) is 37.3. The summed E-state index contributed by atoms with van der Waals surface area (Å²) in [5.41, 5.74) is 4.29. The van der Waals surface area contributed by atoms with E-state index in [0.29, 0.717) is 54.0 Å². The van der Waals surface area contributed by atoms with Gasteiger partial charge in [-0.2, -0.15) is 0 Å². The van der Waals surface area contributed by atoms with Crippen LogP contribution in [0.5, 0.6) is 17.2 Å². The Morgan fingerprint density at radius 1 is 0.437 bits per heavy atom. The van der Waals surface area contributed by atoms with Crippen molar-refractivity contribution in [3.05, 3.63) is 94.9 Å². The average molecular weight is 1200 g/mol. The summed E-state index contributed by atoms with van der Waals surface area (Å²) in [6.07, 6.45) is 71.9. The number of unbranched alkanes of at least 4 members (excludes halogenated alkanes) is 45. The Kier molecular flexibility index (Phi) is 43.0. The van der Waals surface area contributed by atoms with Crippen molar-refractivity contribution in [2.24, 2.45) is 0 Å². The number of ether oxygens (including phenoxy) is 4. The van der Waals surface area contributed by atoms with Gasteiger partial charge >= 0.3 is 5.97 Å². The summed E-state index contributed by atoms with van der Waals surface area (Å²) >= 11 is 0. The molecule has 2 aromatic carbocycles. The molecule has 1 heterocycles. The van der Waals surface area contributed by atoms with Gasteiger partial charge in [0, 0.05) is 11.1 Å². The second-order valence-corrected chi connectivity index (χ2v) is 26.9. The topological polar surface area (TPSA) is 75.5 Å². The molecule has 1 aliphatic carbocycles. The number of rotatable bonds is 57. The number of fused-ring (bicyclic) bond motifs is 1. The fraction of sp³-hybridized carbons (Fsp3) is 0.725. The summed E-state index contributed by atoms with van der Waals surface area (Å²) in [6, 6.07) is 12.1. The lowest BCUT2D eigenvalue weighted by Gasteiger charge is -2.19. The number of benzene rings is 2. The van der Waals surface area contributed by atoms with Gasteiger partial charge in [0.15, 0.2) is 17.3 Å². The highest BCUT2D eigenvalue weighted by molar-refractivity contribution is 6.08. The van der Waals surface area contributed by atoms with Gasteiger partial charge in [0.1, 0.15) is 17.1 Å². The van der Waals surface area contributed by atoms with Crippen molar-refractivity contribution in [3.63, 3.8) is 0 Å². The van der Waals surface area contributed by atoms with Crippen LogP contribution in [0, 0.1) is 0 Å². The SMILES string of the molecule is CCCCCCCCCCCCCCCCCCOc1cc(C(=O)OC2=CC(=CC=C3[NH+](C)c4ccccc4C3(C)C)C(=O)C=C2)cc(OCCCCCCCCCCCCCCCCCC)c1OCCCCCCCCCCCCCCCCCC. The van der Waals surface area contributed by atoms with Crippen molar-refractivity contribution in [3.8, 4) is 17.2 Å². The van der Waals surface area contributed by atoms with Crippen LogP contribution in [-0.2, 0) is 14.9 Å². The van der Waals surface area contributed by atoms with Crippen LogP contribution in [0.3, 0.4) is 0 Å². The maximum Gasteiger partial charge on any atom is 0.343 e. The predicted molar refractivity (Wildman–Crippen MR) is 371 cm³/mol. The zero-order valence-corrected chi connectivity index (χ0v) is 57.4. The highest BCUT2D eigenvalue weighted by Gasteiger charge is 2.43. The standard InChI is InChI=1S/C80H131NO6/c1-7-10-13-16-19-22-25-28-31-34-37-40-43-46-49-54-63-84-75-67-70(79(83)87-71-60-61-74(82)69(66-71)59-62-77-80(4,5)72-57-52-53-58-73(72)81(77)6)68-76(85-64-55-50-47-44-41-38-35-32-29-26-23-20-17-14-11-8-2)78(75)86-65-56-51-48-45-42-39-36-33-30-27-24-21-18-15-12-9-3/h52-53,57-62,66-68H,7-51,54-56,63-65H2,1-6H3/p+1. The first-order chi connectivity index (χ1) is 42.7. The highest BCUT2D eigenvalue weighted by atomic mass is 16.5. The molecule has 1 aliphatic heterocycles. The number of likely N-dealkylation sites (N-methyl/N-ethyl adjacent to an activating group) is 1. The van der Waals surface area contributed by atoms with Crippen LogP contribution in [0.2, 0.25) is 0 Å². The number of esters is 1. The molecule has 7 nitrogen and oxygen atoms in total. The van der Waals surface area contributed by atoms with Crippen LogP contribution >= 0.6 is 0 Å². The fourth-order valence-corrected chi connectivity index (χ4v) is 13.0. The summed E-state index contributed by atoms with van der Waals surface area (Å²) in [5.74, 6) is 1.31. The molecule has 1 unspecified atom stereocenters. The third kappa shape index (κ3) is 33.0. The number of quaternary nitrogens is 1. The molecular formula is C80H132NO6+. The Bertz CT molecular complexity index is 2160. The summed E-state index contributed by atoms with van der Waals surface area (Å²) in [4.78, 5) is 28.9. The van der Waals surface area contributed by atoms with Crippen molar-refractivity contribution < 1.29 is 33.4 Å². The van der Waals surface area contributed by atoms with Crippen molar-refractivity contribution >= 4 is 17.4 Å². The molecule has 0 saturated carbocycles. The summed E-state index contributed by atoms with van der Waals surface area (Å²) < 4.78 is 26.1. The summed E-state index contributed by atoms with van der Waals surface area (Å²) in [5, 5.41) is 0. The third-order valence-electron chi connectivity index (χ3n) is 18.7. The molecule has 0 saturated heterocycles. The predicted octanol–water partition coefficient (Wildman–Crippen LogP) is 23.7. The van der Waals surface area contributed by atoms with Gasteiger partial charge in [0.05, 0.1) is 37.8 Å². The second kappa shape index (κ2) is 49.7. The number of para-hydroxylation sites is 1. The quantitative estimate of drug-likeness (QED) is 0.0404. The van der Waals surface area contributed by atoms with Gasteiger partial charge in [0.2, 0.25) is 5.75 Å². The minimum absolute atomic E-state index is 0.127. The molecule has 0 spiro atoms. The lowest BCUT2D eigenvalue weighted by atomic mass is 9.83. The molecule has 2 aromatic rings. The van der Waals surface area contributed by atoms with E-state index in [9.17, 15) is 9.59 Å². The first kappa shape index (κ1) is 75.4. The Balaban J connectivity index is 1.38. The van der Waals surface area contributed by atoms with E-state index in [4.69, 9.17) is 18.9 Å². The largest absolute Gasteiger partial charge is 0.490 e. The van der Waals surface area contributed by atoms with Crippen LogP contribution < -0.4 is 19.1 Å². The normalized spacial score (nSPS) is 15.4. The number of allylic oxidation sites excluding steroid dienone is 7. The Hall–Kier alpha value is -4.10. The molecule has 1 N–H and O–H groups in total. The van der Waals surface area contributed by atoms with E-state index in [-0.39, 0.29) is 11.2 Å². The molecule has 2 aliphatic rings. The van der Waals surface area contributed by atoms with Gasteiger partial charge in [-0.25, -0.2) is 4.79 Å². The van der Waals surface area contributed by atoms with E-state index >= 15 is 0 Å². The van der Waals surface area contributed by atoms with E-state index < -0.39 is 5.97 Å². The third-order valence-corrected chi connectivity index (χ3v) is 18.7. The molecular weight excluding hydrogens is 1070 g/mol. The van der Waals surface area contributed by atoms with Gasteiger partial charge in [-0.1, -0.05) is 328 Å². The van der Waals surface area contributed by atoms with E-state index in [1.807, 2.05) is 6.08 Å².